The first kappa shape index (κ1) is 28.6. The molecule has 2 nitrogen and oxygen atoms in total. The predicted molar refractivity (Wildman–Crippen MR) is 161 cm³/mol. The van der Waals surface area contributed by atoms with Crippen molar-refractivity contribution in [1.29, 1.82) is 0 Å². The van der Waals surface area contributed by atoms with Crippen LogP contribution in [0.5, 0.6) is 0 Å². The van der Waals surface area contributed by atoms with Gasteiger partial charge in [-0.3, -0.25) is 0 Å². The van der Waals surface area contributed by atoms with Crippen LogP contribution >= 0.6 is 0 Å². The lowest BCUT2D eigenvalue weighted by molar-refractivity contribution is -0.491. The van der Waals surface area contributed by atoms with Gasteiger partial charge in [-0.05, 0) is 94.4 Å². The van der Waals surface area contributed by atoms with Crippen LogP contribution in [0.25, 0.3) is 17.2 Å². The molecule has 0 aliphatic heterocycles. The third-order valence-electron chi connectivity index (χ3n) is 7.20. The van der Waals surface area contributed by atoms with Crippen LogP contribution < -0.4 is 0 Å². The summed E-state index contributed by atoms with van der Waals surface area (Å²) in [7, 11) is 2.03. The molecule has 2 heteroatoms. The van der Waals surface area contributed by atoms with Crippen LogP contribution in [-0.4, -0.2) is 11.7 Å². The number of rotatable bonds is 14. The van der Waals surface area contributed by atoms with Gasteiger partial charge in [0.1, 0.15) is 5.69 Å². The van der Waals surface area contributed by atoms with Crippen LogP contribution in [0.15, 0.2) is 72.0 Å². The molecule has 0 aliphatic carbocycles. The monoisotopic (exact) mass is 495 g/mol. The van der Waals surface area contributed by atoms with Gasteiger partial charge in [0.15, 0.2) is 13.2 Å². The lowest BCUT2D eigenvalue weighted by Crippen LogP contribution is -1.97. The number of benzene rings is 3. The van der Waals surface area contributed by atoms with E-state index in [1.807, 2.05) is 11.7 Å². The summed E-state index contributed by atoms with van der Waals surface area (Å²) in [6.07, 6.45) is 16.5. The molecule has 3 aromatic rings. The molecule has 0 saturated carbocycles. The van der Waals surface area contributed by atoms with Crippen molar-refractivity contribution in [2.24, 2.45) is 5.11 Å². The quantitative estimate of drug-likeness (QED) is 0.120. The lowest BCUT2D eigenvalue weighted by Gasteiger charge is -2.14. The molecule has 196 valence electrons. The molecule has 0 bridgehead atoms. The predicted octanol–water partition coefficient (Wildman–Crippen LogP) is 10.3. The first-order valence-electron chi connectivity index (χ1n) is 14.5. The fourth-order valence-corrected chi connectivity index (χ4v) is 5.13. The highest BCUT2D eigenvalue weighted by Crippen LogP contribution is 2.30. The van der Waals surface area contributed by atoms with Gasteiger partial charge in [0.25, 0.3) is 0 Å². The van der Waals surface area contributed by atoms with Gasteiger partial charge >= 0.3 is 0 Å². The van der Waals surface area contributed by atoms with E-state index in [1.54, 1.807) is 0 Å². The fourth-order valence-electron chi connectivity index (χ4n) is 5.13. The summed E-state index contributed by atoms with van der Waals surface area (Å²) in [5, 5.41) is 4.92. The van der Waals surface area contributed by atoms with E-state index in [0.717, 1.165) is 31.4 Å². The average Bonchev–Trinajstić information content (AvgIpc) is 2.93. The molecule has 0 spiro atoms. The summed E-state index contributed by atoms with van der Waals surface area (Å²) < 4.78 is 1.95. The number of nitrogens with zero attached hydrogens (tertiary/aromatic N) is 2. The Morgan fingerprint density at radius 3 is 2.16 bits per heavy atom. The summed E-state index contributed by atoms with van der Waals surface area (Å²) in [4.78, 5) is 0. The number of hydrogen-bond donors (Lipinski definition) is 0. The minimum absolute atomic E-state index is 1.04. The number of unbranched alkanes of at least 4 members (excludes halogenated alkanes) is 5. The molecule has 0 radical (unpaired) electrons. The molecule has 0 aromatic heterocycles. The van der Waals surface area contributed by atoms with Gasteiger partial charge in [-0.1, -0.05) is 107 Å². The Hall–Kier alpha value is -3.00. The largest absolute Gasteiger partial charge is 0.196 e. The molecule has 0 N–H and O–H groups in total. The molecule has 0 amide bonds. The highest BCUT2D eigenvalue weighted by molar-refractivity contribution is 5.72. The van der Waals surface area contributed by atoms with E-state index < -0.39 is 0 Å². The third-order valence-corrected chi connectivity index (χ3v) is 7.20. The van der Waals surface area contributed by atoms with Crippen LogP contribution in [0.3, 0.4) is 0 Å². The van der Waals surface area contributed by atoms with Gasteiger partial charge in [0.2, 0.25) is 0 Å². The van der Waals surface area contributed by atoms with Crippen molar-refractivity contribution in [3.8, 4) is 11.1 Å². The molecular weight excluding hydrogens is 448 g/mol. The highest BCUT2D eigenvalue weighted by Gasteiger charge is 2.10. The second-order valence-corrected chi connectivity index (χ2v) is 10.1. The van der Waals surface area contributed by atoms with Gasteiger partial charge in [-0.15, -0.1) is 0 Å². The molecule has 0 atom stereocenters. The average molecular weight is 496 g/mol. The number of aryl methyl sites for hydroxylation is 3. The maximum atomic E-state index is 4.92. The number of hydrogen-bond acceptors (Lipinski definition) is 1. The van der Waals surface area contributed by atoms with E-state index in [4.69, 9.17) is 5.11 Å². The minimum Gasteiger partial charge on any atom is -0.0934 e. The van der Waals surface area contributed by atoms with Gasteiger partial charge in [0.05, 0.1) is 0 Å². The van der Waals surface area contributed by atoms with Crippen molar-refractivity contribution in [3.63, 3.8) is 0 Å². The normalized spacial score (nSPS) is 12.0. The molecule has 0 unspecified atom stereocenters. The van der Waals surface area contributed by atoms with Crippen molar-refractivity contribution in [3.05, 3.63) is 94.7 Å². The van der Waals surface area contributed by atoms with E-state index in [2.05, 4.69) is 101 Å². The standard InChI is InChI=1S/C35H47N2/c1-6-10-11-12-13-15-18-29-23-28(7-2)25-33(26-29)36-37(5)22-21-30-24-31(8-3)34(9-4)35(27-30)32-19-16-14-17-20-32/h14,16-17,19-27H,6-13,15,18H2,1-5H3/q+1. The molecule has 0 heterocycles. The molecule has 3 aromatic carbocycles. The third kappa shape index (κ3) is 8.81. The lowest BCUT2D eigenvalue weighted by atomic mass is 9.90. The Kier molecular flexibility index (Phi) is 11.8. The molecule has 0 fully saturated rings. The minimum atomic E-state index is 1.04. The van der Waals surface area contributed by atoms with Crippen LogP contribution in [-0.2, 0) is 25.7 Å². The van der Waals surface area contributed by atoms with Crippen LogP contribution in [0.4, 0.5) is 5.69 Å². The topological polar surface area (TPSA) is 15.4 Å². The summed E-state index contributed by atoms with van der Waals surface area (Å²) >= 11 is 0. The molecule has 0 saturated heterocycles. The molecular formula is C35H47N2+. The van der Waals surface area contributed by atoms with Crippen molar-refractivity contribution >= 4 is 11.8 Å². The fraction of sp³-hybridized carbons (Fsp3) is 0.429. The molecule has 0 aliphatic rings. The van der Waals surface area contributed by atoms with Crippen molar-refractivity contribution < 1.29 is 4.70 Å². The second kappa shape index (κ2) is 15.3. The summed E-state index contributed by atoms with van der Waals surface area (Å²) in [5.74, 6) is 0. The Balaban J connectivity index is 1.79. The summed E-state index contributed by atoms with van der Waals surface area (Å²) in [5.41, 5.74) is 10.6. The van der Waals surface area contributed by atoms with E-state index in [1.165, 1.54) is 77.5 Å². The van der Waals surface area contributed by atoms with E-state index in [-0.39, 0.29) is 0 Å². The van der Waals surface area contributed by atoms with Gasteiger partial charge < -0.3 is 0 Å². The van der Waals surface area contributed by atoms with Gasteiger partial charge in [-0.25, -0.2) is 0 Å². The van der Waals surface area contributed by atoms with Gasteiger partial charge in [-0.2, -0.15) is 0 Å². The Labute approximate surface area is 226 Å². The van der Waals surface area contributed by atoms with E-state index >= 15 is 0 Å². The van der Waals surface area contributed by atoms with E-state index in [0.29, 0.717) is 0 Å². The Morgan fingerprint density at radius 2 is 1.46 bits per heavy atom. The van der Waals surface area contributed by atoms with Gasteiger partial charge in [0, 0.05) is 6.08 Å². The first-order valence-corrected chi connectivity index (χ1v) is 14.5. The number of azo groups is 2. The summed E-state index contributed by atoms with van der Waals surface area (Å²) in [6, 6.07) is 22.3. The zero-order valence-corrected chi connectivity index (χ0v) is 23.9. The zero-order valence-electron chi connectivity index (χ0n) is 23.9. The maximum Gasteiger partial charge on any atom is 0.196 e. The summed E-state index contributed by atoms with van der Waals surface area (Å²) in [6.45, 7) is 9.02. The molecule has 37 heavy (non-hydrogen) atoms. The molecule has 3 rings (SSSR count). The van der Waals surface area contributed by atoms with Crippen LogP contribution in [0, 0.1) is 0 Å². The second-order valence-electron chi connectivity index (χ2n) is 10.1. The van der Waals surface area contributed by atoms with Crippen molar-refractivity contribution in [2.45, 2.75) is 91.9 Å². The Bertz CT molecular complexity index is 1170. The van der Waals surface area contributed by atoms with Crippen molar-refractivity contribution in [2.75, 3.05) is 7.05 Å². The smallest absolute Gasteiger partial charge is 0.0934 e. The van der Waals surface area contributed by atoms with Crippen LogP contribution in [0.1, 0.15) is 94.0 Å². The highest BCUT2D eigenvalue weighted by atomic mass is 15.2. The van der Waals surface area contributed by atoms with Crippen LogP contribution in [0.2, 0.25) is 0 Å². The maximum absolute atomic E-state index is 4.92. The SMILES string of the molecule is CCCCCCCCc1cc(CC)cc(N=[N+](C)C=Cc2cc(CC)c(CC)c(-c3ccccc3)c2)c1. The van der Waals surface area contributed by atoms with Crippen molar-refractivity contribution in [1.82, 2.24) is 0 Å². The van der Waals surface area contributed by atoms with E-state index in [9.17, 15) is 0 Å². The zero-order chi connectivity index (χ0) is 26.5. The Morgan fingerprint density at radius 1 is 0.730 bits per heavy atom. The first-order chi connectivity index (χ1) is 18.1.